The molecule has 1 aliphatic heterocycles. The maximum atomic E-state index is 12.2. The van der Waals surface area contributed by atoms with E-state index in [2.05, 4.69) is 15.2 Å². The molecule has 2 heterocycles. The van der Waals surface area contributed by atoms with Gasteiger partial charge in [-0.2, -0.15) is 13.2 Å². The molecule has 1 aromatic carbocycles. The SMILES string of the molecule is FC(F)(F)COCCn1c(N2CCCNCC2)nc2ccccc21. The lowest BCUT2D eigenvalue weighted by Crippen LogP contribution is -2.30. The summed E-state index contributed by atoms with van der Waals surface area (Å²) in [6.45, 7) is 2.66. The fourth-order valence-corrected chi connectivity index (χ4v) is 2.91. The third-order valence-electron chi connectivity index (χ3n) is 3.98. The number of para-hydroxylation sites is 2. The van der Waals surface area contributed by atoms with Gasteiger partial charge in [-0.1, -0.05) is 12.1 Å². The van der Waals surface area contributed by atoms with Crippen LogP contribution in [0.2, 0.25) is 0 Å². The van der Waals surface area contributed by atoms with Gasteiger partial charge in [0.1, 0.15) is 6.61 Å². The van der Waals surface area contributed by atoms with Crippen LogP contribution in [-0.4, -0.2) is 55.1 Å². The zero-order valence-electron chi connectivity index (χ0n) is 13.4. The molecule has 1 N–H and O–H groups in total. The molecule has 1 fully saturated rings. The molecule has 3 rings (SSSR count). The number of fused-ring (bicyclic) bond motifs is 1. The summed E-state index contributed by atoms with van der Waals surface area (Å²) in [6, 6.07) is 7.67. The molecule has 1 aliphatic rings. The number of hydrogen-bond acceptors (Lipinski definition) is 4. The van der Waals surface area contributed by atoms with Crippen LogP contribution in [0, 0.1) is 0 Å². The minimum Gasteiger partial charge on any atom is -0.370 e. The molecule has 0 radical (unpaired) electrons. The Morgan fingerprint density at radius 2 is 2.00 bits per heavy atom. The first kappa shape index (κ1) is 17.0. The number of alkyl halides is 3. The number of hydrogen-bond donors (Lipinski definition) is 1. The summed E-state index contributed by atoms with van der Waals surface area (Å²) in [5, 5.41) is 3.34. The van der Waals surface area contributed by atoms with Crippen LogP contribution >= 0.6 is 0 Å². The second-order valence-corrected chi connectivity index (χ2v) is 5.81. The highest BCUT2D eigenvalue weighted by atomic mass is 19.4. The molecule has 0 bridgehead atoms. The summed E-state index contributed by atoms with van der Waals surface area (Å²) in [4.78, 5) is 6.87. The Hall–Kier alpha value is -1.80. The largest absolute Gasteiger partial charge is 0.411 e. The number of nitrogens with zero attached hydrogens (tertiary/aromatic N) is 3. The molecule has 132 valence electrons. The average molecular weight is 342 g/mol. The Bertz CT molecular complexity index is 663. The Morgan fingerprint density at radius 1 is 1.17 bits per heavy atom. The summed E-state index contributed by atoms with van der Waals surface area (Å²) < 4.78 is 43.4. The van der Waals surface area contributed by atoms with Gasteiger partial charge < -0.3 is 19.5 Å². The zero-order chi connectivity index (χ0) is 17.0. The van der Waals surface area contributed by atoms with Gasteiger partial charge in [-0.15, -0.1) is 0 Å². The number of anilines is 1. The molecular formula is C16H21F3N4O. The van der Waals surface area contributed by atoms with Gasteiger partial charge in [0, 0.05) is 26.2 Å². The third kappa shape index (κ3) is 4.18. The molecule has 0 atom stereocenters. The molecule has 24 heavy (non-hydrogen) atoms. The summed E-state index contributed by atoms with van der Waals surface area (Å²) in [5.41, 5.74) is 1.76. The van der Waals surface area contributed by atoms with Crippen molar-refractivity contribution in [2.45, 2.75) is 19.1 Å². The van der Waals surface area contributed by atoms with Crippen molar-refractivity contribution in [1.82, 2.24) is 14.9 Å². The molecule has 0 spiro atoms. The topological polar surface area (TPSA) is 42.3 Å². The summed E-state index contributed by atoms with van der Waals surface area (Å²) in [5.74, 6) is 0.801. The van der Waals surface area contributed by atoms with E-state index in [0.29, 0.717) is 6.54 Å². The van der Waals surface area contributed by atoms with Gasteiger partial charge in [-0.3, -0.25) is 0 Å². The smallest absolute Gasteiger partial charge is 0.370 e. The summed E-state index contributed by atoms with van der Waals surface area (Å²) >= 11 is 0. The van der Waals surface area contributed by atoms with Crippen LogP contribution in [0.3, 0.4) is 0 Å². The summed E-state index contributed by atoms with van der Waals surface area (Å²) in [7, 11) is 0. The maximum absolute atomic E-state index is 12.2. The van der Waals surface area contributed by atoms with Gasteiger partial charge >= 0.3 is 6.18 Å². The Labute approximate surface area is 138 Å². The highest BCUT2D eigenvalue weighted by Gasteiger charge is 2.27. The van der Waals surface area contributed by atoms with E-state index in [1.807, 2.05) is 28.8 Å². The van der Waals surface area contributed by atoms with E-state index in [0.717, 1.165) is 49.6 Å². The van der Waals surface area contributed by atoms with Gasteiger partial charge in [-0.05, 0) is 25.1 Å². The van der Waals surface area contributed by atoms with E-state index >= 15 is 0 Å². The monoisotopic (exact) mass is 342 g/mol. The Balaban J connectivity index is 1.79. The standard InChI is InChI=1S/C16H21F3N4O/c17-16(18,19)12-24-11-10-23-14-5-2-1-4-13(14)21-15(23)22-8-3-6-20-7-9-22/h1-2,4-5,20H,3,6-12H2. The number of rotatable bonds is 5. The first-order valence-electron chi connectivity index (χ1n) is 8.10. The lowest BCUT2D eigenvalue weighted by Gasteiger charge is -2.22. The second kappa shape index (κ2) is 7.40. The van der Waals surface area contributed by atoms with Crippen molar-refractivity contribution in [2.75, 3.05) is 44.3 Å². The average Bonchev–Trinajstić information content (AvgIpc) is 2.71. The maximum Gasteiger partial charge on any atom is 0.411 e. The van der Waals surface area contributed by atoms with Gasteiger partial charge in [0.05, 0.1) is 17.6 Å². The van der Waals surface area contributed by atoms with Gasteiger partial charge in [-0.25, -0.2) is 4.98 Å². The fourth-order valence-electron chi connectivity index (χ4n) is 2.91. The molecule has 0 amide bonds. The van der Waals surface area contributed by atoms with E-state index in [9.17, 15) is 13.2 Å². The van der Waals surface area contributed by atoms with Crippen LogP contribution < -0.4 is 10.2 Å². The van der Waals surface area contributed by atoms with Crippen molar-refractivity contribution in [3.05, 3.63) is 24.3 Å². The molecule has 0 unspecified atom stereocenters. The molecule has 0 aliphatic carbocycles. The van der Waals surface area contributed by atoms with Gasteiger partial charge in [0.2, 0.25) is 5.95 Å². The van der Waals surface area contributed by atoms with Crippen LogP contribution in [0.25, 0.3) is 11.0 Å². The number of imidazole rings is 1. The van der Waals surface area contributed by atoms with Crippen LogP contribution in [0.4, 0.5) is 19.1 Å². The lowest BCUT2D eigenvalue weighted by atomic mass is 10.3. The Morgan fingerprint density at radius 3 is 2.83 bits per heavy atom. The normalized spacial score (nSPS) is 16.5. The van der Waals surface area contributed by atoms with E-state index in [-0.39, 0.29) is 6.61 Å². The second-order valence-electron chi connectivity index (χ2n) is 5.81. The predicted molar refractivity (Wildman–Crippen MR) is 86.3 cm³/mol. The zero-order valence-corrected chi connectivity index (χ0v) is 13.4. The molecular weight excluding hydrogens is 321 g/mol. The van der Waals surface area contributed by atoms with Crippen LogP contribution in [-0.2, 0) is 11.3 Å². The third-order valence-corrected chi connectivity index (χ3v) is 3.98. The first-order chi connectivity index (χ1) is 11.5. The predicted octanol–water partition coefficient (Wildman–Crippen LogP) is 2.41. The molecule has 8 heteroatoms. The van der Waals surface area contributed by atoms with E-state index in [4.69, 9.17) is 4.74 Å². The molecule has 2 aromatic rings. The van der Waals surface area contributed by atoms with E-state index < -0.39 is 12.8 Å². The fraction of sp³-hybridized carbons (Fsp3) is 0.562. The number of aromatic nitrogens is 2. The first-order valence-corrected chi connectivity index (χ1v) is 8.10. The van der Waals surface area contributed by atoms with Crippen molar-refractivity contribution in [2.24, 2.45) is 0 Å². The van der Waals surface area contributed by atoms with Crippen molar-refractivity contribution in [1.29, 1.82) is 0 Å². The number of halogens is 3. The minimum atomic E-state index is -4.30. The van der Waals surface area contributed by atoms with E-state index in [1.54, 1.807) is 0 Å². The van der Waals surface area contributed by atoms with Gasteiger partial charge in [0.15, 0.2) is 0 Å². The van der Waals surface area contributed by atoms with Crippen LogP contribution in [0.15, 0.2) is 24.3 Å². The van der Waals surface area contributed by atoms with Gasteiger partial charge in [0.25, 0.3) is 0 Å². The molecule has 1 aromatic heterocycles. The number of nitrogens with one attached hydrogen (secondary N) is 1. The van der Waals surface area contributed by atoms with Crippen LogP contribution in [0.1, 0.15) is 6.42 Å². The Kier molecular flexibility index (Phi) is 5.25. The van der Waals surface area contributed by atoms with Crippen molar-refractivity contribution in [3.63, 3.8) is 0 Å². The van der Waals surface area contributed by atoms with Crippen molar-refractivity contribution in [3.8, 4) is 0 Å². The van der Waals surface area contributed by atoms with E-state index in [1.165, 1.54) is 0 Å². The molecule has 5 nitrogen and oxygen atoms in total. The minimum absolute atomic E-state index is 0.00104. The van der Waals surface area contributed by atoms with Crippen LogP contribution in [0.5, 0.6) is 0 Å². The highest BCUT2D eigenvalue weighted by Crippen LogP contribution is 2.23. The summed E-state index contributed by atoms with van der Waals surface area (Å²) in [6.07, 6.45) is -3.29. The number of ether oxygens (including phenoxy) is 1. The van der Waals surface area contributed by atoms with Crippen molar-refractivity contribution >= 4 is 17.0 Å². The molecule has 1 saturated heterocycles. The lowest BCUT2D eigenvalue weighted by molar-refractivity contribution is -0.174. The van der Waals surface area contributed by atoms with Crippen molar-refractivity contribution < 1.29 is 17.9 Å². The highest BCUT2D eigenvalue weighted by molar-refractivity contribution is 5.78. The number of benzene rings is 1. The quantitative estimate of drug-likeness (QED) is 0.848. The molecule has 0 saturated carbocycles.